The summed E-state index contributed by atoms with van der Waals surface area (Å²) < 4.78 is 31.9. The van der Waals surface area contributed by atoms with Crippen molar-refractivity contribution in [1.82, 2.24) is 9.36 Å². The van der Waals surface area contributed by atoms with Crippen molar-refractivity contribution in [3.05, 3.63) is 105 Å². The number of hydrogen-bond acceptors (Lipinski definition) is 4. The lowest BCUT2D eigenvalue weighted by atomic mass is 10.1. The highest BCUT2D eigenvalue weighted by molar-refractivity contribution is 7.92. The average Bonchev–Trinajstić information content (AvgIpc) is 3.04. The van der Waals surface area contributed by atoms with Gasteiger partial charge in [-0.25, -0.2) is 13.1 Å². The highest BCUT2D eigenvalue weighted by Gasteiger charge is 2.25. The summed E-state index contributed by atoms with van der Waals surface area (Å²) in [5.74, 6) is -0.491. The predicted molar refractivity (Wildman–Crippen MR) is 137 cm³/mol. The number of nitrogens with zero attached hydrogens (tertiary/aromatic N) is 2. The average molecular weight is 511 g/mol. The molecule has 0 aliphatic carbocycles. The molecule has 10 heteroatoms. The van der Waals surface area contributed by atoms with Crippen LogP contribution in [-0.4, -0.2) is 23.7 Å². The van der Waals surface area contributed by atoms with Crippen molar-refractivity contribution in [3.8, 4) is 5.69 Å². The van der Waals surface area contributed by atoms with Gasteiger partial charge in [-0.1, -0.05) is 48.0 Å². The smallest absolute Gasteiger partial charge is 0.296 e. The number of aromatic nitrogens is 2. The van der Waals surface area contributed by atoms with Gasteiger partial charge < -0.3 is 5.32 Å². The minimum atomic E-state index is -4.30. The molecular formula is C25H23ClN4O4S. The fourth-order valence-corrected chi connectivity index (χ4v) is 5.28. The minimum Gasteiger partial charge on any atom is -0.322 e. The number of benzene rings is 3. The monoisotopic (exact) mass is 510 g/mol. The number of aryl methyl sites for hydroxylation is 1. The Balaban J connectivity index is 1.69. The molecule has 4 rings (SSSR count). The molecule has 35 heavy (non-hydrogen) atoms. The van der Waals surface area contributed by atoms with E-state index in [0.717, 1.165) is 5.56 Å². The number of rotatable bonds is 6. The maximum absolute atomic E-state index is 13.3. The van der Waals surface area contributed by atoms with Crippen molar-refractivity contribution in [2.75, 3.05) is 10.0 Å². The van der Waals surface area contributed by atoms with E-state index in [1.54, 1.807) is 55.1 Å². The van der Waals surface area contributed by atoms with Crippen LogP contribution in [0.1, 0.15) is 21.6 Å². The van der Waals surface area contributed by atoms with E-state index in [1.807, 2.05) is 25.1 Å². The molecule has 4 aromatic rings. The van der Waals surface area contributed by atoms with Gasteiger partial charge in [0.2, 0.25) is 0 Å². The fourth-order valence-electron chi connectivity index (χ4n) is 3.63. The SMILES string of the molecule is Cc1ccccc1NC(=O)c1ccc(Cl)c(S(=O)(=O)Nc2c(C)n(C)n(-c3ccccc3)c2=O)c1. The first-order chi connectivity index (χ1) is 16.6. The zero-order valence-electron chi connectivity index (χ0n) is 19.2. The van der Waals surface area contributed by atoms with E-state index < -0.39 is 21.5 Å². The number of carbonyl (C=O) groups is 1. The molecule has 0 saturated carbocycles. The fraction of sp³-hybridized carbons (Fsp3) is 0.120. The van der Waals surface area contributed by atoms with E-state index in [2.05, 4.69) is 10.0 Å². The van der Waals surface area contributed by atoms with Crippen LogP contribution in [-0.2, 0) is 17.1 Å². The molecule has 0 aliphatic heterocycles. The summed E-state index contributed by atoms with van der Waals surface area (Å²) >= 11 is 6.21. The van der Waals surface area contributed by atoms with Gasteiger partial charge in [-0.2, -0.15) is 0 Å². The van der Waals surface area contributed by atoms with Crippen molar-refractivity contribution in [1.29, 1.82) is 0 Å². The number of hydrogen-bond donors (Lipinski definition) is 2. The third kappa shape index (κ3) is 4.73. The number of halogens is 1. The summed E-state index contributed by atoms with van der Waals surface area (Å²) in [5.41, 5.74) is 1.92. The molecule has 0 spiro atoms. The first-order valence-electron chi connectivity index (χ1n) is 10.6. The zero-order valence-corrected chi connectivity index (χ0v) is 20.8. The number of sulfonamides is 1. The molecule has 1 aromatic heterocycles. The third-order valence-corrected chi connectivity index (χ3v) is 7.50. The summed E-state index contributed by atoms with van der Waals surface area (Å²) in [4.78, 5) is 25.6. The molecular weight excluding hydrogens is 488 g/mol. The van der Waals surface area contributed by atoms with Crippen molar-refractivity contribution < 1.29 is 13.2 Å². The molecule has 1 heterocycles. The third-order valence-electron chi connectivity index (χ3n) is 5.67. The summed E-state index contributed by atoms with van der Waals surface area (Å²) in [5, 5.41) is 2.69. The van der Waals surface area contributed by atoms with E-state index in [0.29, 0.717) is 17.1 Å². The van der Waals surface area contributed by atoms with Crippen molar-refractivity contribution in [2.45, 2.75) is 18.7 Å². The van der Waals surface area contributed by atoms with Crippen LogP contribution in [0.5, 0.6) is 0 Å². The van der Waals surface area contributed by atoms with Crippen LogP contribution >= 0.6 is 11.6 Å². The Hall–Kier alpha value is -3.82. The van der Waals surface area contributed by atoms with Gasteiger partial charge in [0, 0.05) is 18.3 Å². The maximum Gasteiger partial charge on any atom is 0.296 e. The molecule has 2 N–H and O–H groups in total. The van der Waals surface area contributed by atoms with Gasteiger partial charge in [0.25, 0.3) is 21.5 Å². The summed E-state index contributed by atoms with van der Waals surface area (Å²) in [6, 6.07) is 20.1. The standard InChI is InChI=1S/C25H23ClN4O4S/c1-16-9-7-8-12-21(16)27-24(31)18-13-14-20(26)22(15-18)35(33,34)28-23-17(2)29(3)30(25(23)32)19-10-5-4-6-11-19/h4-15,28H,1-3H3,(H,27,31). The molecule has 180 valence electrons. The first-order valence-corrected chi connectivity index (χ1v) is 12.5. The molecule has 0 atom stereocenters. The molecule has 0 saturated heterocycles. The Labute approximate surface area is 207 Å². The Bertz CT molecular complexity index is 1590. The topological polar surface area (TPSA) is 102 Å². The molecule has 0 unspecified atom stereocenters. The largest absolute Gasteiger partial charge is 0.322 e. The summed E-state index contributed by atoms with van der Waals surface area (Å²) in [6.07, 6.45) is 0. The quantitative estimate of drug-likeness (QED) is 0.398. The van der Waals surface area contributed by atoms with E-state index in [-0.39, 0.29) is 21.2 Å². The van der Waals surface area contributed by atoms with Crippen LogP contribution in [0.15, 0.2) is 82.5 Å². The molecule has 0 fully saturated rings. The molecule has 0 radical (unpaired) electrons. The normalized spacial score (nSPS) is 11.3. The minimum absolute atomic E-state index is 0.0816. The van der Waals surface area contributed by atoms with E-state index in [4.69, 9.17) is 11.6 Å². The van der Waals surface area contributed by atoms with E-state index in [9.17, 15) is 18.0 Å². The second-order valence-corrected chi connectivity index (χ2v) is 10.0. The number of amides is 1. The highest BCUT2D eigenvalue weighted by Crippen LogP contribution is 2.26. The lowest BCUT2D eigenvalue weighted by Gasteiger charge is -2.12. The number of nitrogens with one attached hydrogen (secondary N) is 2. The molecule has 3 aromatic carbocycles. The zero-order chi connectivity index (χ0) is 25.3. The van der Waals surface area contributed by atoms with Crippen molar-refractivity contribution in [3.63, 3.8) is 0 Å². The van der Waals surface area contributed by atoms with Crippen LogP contribution in [0.2, 0.25) is 5.02 Å². The Morgan fingerprint density at radius 1 is 0.943 bits per heavy atom. The van der Waals surface area contributed by atoms with Gasteiger partial charge in [-0.3, -0.25) is 19.0 Å². The van der Waals surface area contributed by atoms with E-state index in [1.165, 1.54) is 22.9 Å². The van der Waals surface area contributed by atoms with Crippen molar-refractivity contribution in [2.24, 2.45) is 7.05 Å². The Morgan fingerprint density at radius 2 is 1.60 bits per heavy atom. The summed E-state index contributed by atoms with van der Waals surface area (Å²) in [7, 11) is -2.64. The second kappa shape index (κ2) is 9.44. The highest BCUT2D eigenvalue weighted by atomic mass is 35.5. The number of para-hydroxylation sites is 2. The van der Waals surface area contributed by atoms with Gasteiger partial charge in [-0.15, -0.1) is 0 Å². The molecule has 0 bridgehead atoms. The summed E-state index contributed by atoms with van der Waals surface area (Å²) in [6.45, 7) is 3.48. The van der Waals surface area contributed by atoms with Crippen LogP contribution in [0, 0.1) is 13.8 Å². The van der Waals surface area contributed by atoms with Crippen LogP contribution < -0.4 is 15.6 Å². The van der Waals surface area contributed by atoms with Gasteiger partial charge in [0.1, 0.15) is 10.6 Å². The van der Waals surface area contributed by atoms with Crippen molar-refractivity contribution >= 4 is 38.9 Å². The number of carbonyl (C=O) groups excluding carboxylic acids is 1. The van der Waals surface area contributed by atoms with Gasteiger partial charge in [0.15, 0.2) is 0 Å². The van der Waals surface area contributed by atoms with Gasteiger partial charge >= 0.3 is 0 Å². The molecule has 0 aliphatic rings. The predicted octanol–water partition coefficient (Wildman–Crippen LogP) is 4.50. The number of anilines is 2. The van der Waals surface area contributed by atoms with Crippen LogP contribution in [0.3, 0.4) is 0 Å². The first kappa shape index (κ1) is 24.3. The second-order valence-electron chi connectivity index (χ2n) is 7.96. The molecule has 1 amide bonds. The lowest BCUT2D eigenvalue weighted by molar-refractivity contribution is 0.102. The van der Waals surface area contributed by atoms with E-state index >= 15 is 0 Å². The van der Waals surface area contributed by atoms with Gasteiger partial charge in [-0.05, 0) is 55.8 Å². The van der Waals surface area contributed by atoms with Gasteiger partial charge in [0.05, 0.1) is 16.4 Å². The Kier molecular flexibility index (Phi) is 6.56. The van der Waals surface area contributed by atoms with Crippen LogP contribution in [0.25, 0.3) is 5.69 Å². The maximum atomic E-state index is 13.3. The van der Waals surface area contributed by atoms with Crippen LogP contribution in [0.4, 0.5) is 11.4 Å². The molecule has 8 nitrogen and oxygen atoms in total. The lowest BCUT2D eigenvalue weighted by Crippen LogP contribution is -2.23. The Morgan fingerprint density at radius 3 is 2.29 bits per heavy atom.